The van der Waals surface area contributed by atoms with Gasteiger partial charge in [-0.05, 0) is 24.3 Å². The van der Waals surface area contributed by atoms with Gasteiger partial charge >= 0.3 is 0 Å². The SMILES string of the molecule is Brc1cccc2c1ccn2Cc1ncccn1. The Hall–Kier alpha value is -1.68. The fraction of sp³-hybridized carbons (Fsp3) is 0.0769. The summed E-state index contributed by atoms with van der Waals surface area (Å²) in [6, 6.07) is 10.1. The van der Waals surface area contributed by atoms with E-state index >= 15 is 0 Å². The van der Waals surface area contributed by atoms with Crippen LogP contribution in [0.3, 0.4) is 0 Å². The first-order valence-corrected chi connectivity index (χ1v) is 6.13. The second-order valence-electron chi connectivity index (χ2n) is 3.78. The smallest absolute Gasteiger partial charge is 0.147 e. The molecule has 84 valence electrons. The lowest BCUT2D eigenvalue weighted by atomic mass is 10.2. The van der Waals surface area contributed by atoms with Crippen molar-refractivity contribution in [2.75, 3.05) is 0 Å². The van der Waals surface area contributed by atoms with Crippen molar-refractivity contribution in [2.45, 2.75) is 6.54 Å². The Kier molecular flexibility index (Phi) is 2.65. The Morgan fingerprint density at radius 3 is 2.71 bits per heavy atom. The van der Waals surface area contributed by atoms with Gasteiger partial charge in [0.2, 0.25) is 0 Å². The van der Waals surface area contributed by atoms with E-state index in [0.717, 1.165) is 10.3 Å². The molecule has 0 aliphatic rings. The van der Waals surface area contributed by atoms with E-state index < -0.39 is 0 Å². The van der Waals surface area contributed by atoms with E-state index in [0.29, 0.717) is 6.54 Å². The van der Waals surface area contributed by atoms with Gasteiger partial charge in [0.1, 0.15) is 5.82 Å². The number of nitrogens with zero attached hydrogens (tertiary/aromatic N) is 3. The van der Waals surface area contributed by atoms with Gasteiger partial charge in [-0.3, -0.25) is 0 Å². The molecule has 0 amide bonds. The highest BCUT2D eigenvalue weighted by Crippen LogP contribution is 2.24. The molecule has 0 N–H and O–H groups in total. The molecule has 0 aliphatic heterocycles. The molecule has 0 unspecified atom stereocenters. The van der Waals surface area contributed by atoms with E-state index in [9.17, 15) is 0 Å². The summed E-state index contributed by atoms with van der Waals surface area (Å²) in [4.78, 5) is 8.48. The zero-order valence-corrected chi connectivity index (χ0v) is 10.6. The second kappa shape index (κ2) is 4.30. The van der Waals surface area contributed by atoms with Crippen LogP contribution in [-0.2, 0) is 6.54 Å². The van der Waals surface area contributed by atoms with Gasteiger partial charge < -0.3 is 4.57 Å². The molecule has 0 spiro atoms. The Labute approximate surface area is 107 Å². The highest BCUT2D eigenvalue weighted by Gasteiger charge is 2.04. The van der Waals surface area contributed by atoms with Gasteiger partial charge in [0.05, 0.1) is 6.54 Å². The summed E-state index contributed by atoms with van der Waals surface area (Å²) in [5.41, 5.74) is 1.19. The minimum absolute atomic E-state index is 0.695. The predicted octanol–water partition coefficient (Wildman–Crippen LogP) is 3.24. The summed E-state index contributed by atoms with van der Waals surface area (Å²) in [5.74, 6) is 0.824. The third-order valence-corrected chi connectivity index (χ3v) is 3.38. The molecule has 0 radical (unpaired) electrons. The third kappa shape index (κ3) is 1.96. The van der Waals surface area contributed by atoms with Crippen LogP contribution < -0.4 is 0 Å². The molecular formula is C13H10BrN3. The van der Waals surface area contributed by atoms with Crippen LogP contribution in [0.2, 0.25) is 0 Å². The Morgan fingerprint density at radius 1 is 1.06 bits per heavy atom. The molecule has 2 heterocycles. The van der Waals surface area contributed by atoms with Gasteiger partial charge in [-0.1, -0.05) is 22.0 Å². The quantitative estimate of drug-likeness (QED) is 0.724. The van der Waals surface area contributed by atoms with Crippen LogP contribution in [0, 0.1) is 0 Å². The molecule has 0 saturated carbocycles. The van der Waals surface area contributed by atoms with Gasteiger partial charge in [0, 0.05) is 34.0 Å². The summed E-state index contributed by atoms with van der Waals surface area (Å²) < 4.78 is 3.26. The summed E-state index contributed by atoms with van der Waals surface area (Å²) in [6.07, 6.45) is 5.60. The Balaban J connectivity index is 2.05. The van der Waals surface area contributed by atoms with Gasteiger partial charge in [0.25, 0.3) is 0 Å². The van der Waals surface area contributed by atoms with E-state index in [1.54, 1.807) is 12.4 Å². The lowest BCUT2D eigenvalue weighted by molar-refractivity contribution is 0.771. The molecule has 4 heteroatoms. The van der Waals surface area contributed by atoms with Crippen molar-refractivity contribution in [3.63, 3.8) is 0 Å². The average molecular weight is 288 g/mol. The topological polar surface area (TPSA) is 30.7 Å². The van der Waals surface area contributed by atoms with Crippen LogP contribution in [0.5, 0.6) is 0 Å². The first-order chi connectivity index (χ1) is 8.34. The number of aromatic nitrogens is 3. The molecule has 0 bridgehead atoms. The first kappa shape index (κ1) is 10.5. The Morgan fingerprint density at radius 2 is 1.88 bits per heavy atom. The lowest BCUT2D eigenvalue weighted by Gasteiger charge is -2.04. The van der Waals surface area contributed by atoms with Gasteiger partial charge in [0.15, 0.2) is 0 Å². The highest BCUT2D eigenvalue weighted by molar-refractivity contribution is 9.10. The number of rotatable bonds is 2. The van der Waals surface area contributed by atoms with Crippen LogP contribution in [-0.4, -0.2) is 14.5 Å². The summed E-state index contributed by atoms with van der Waals surface area (Å²) in [6.45, 7) is 0.695. The van der Waals surface area contributed by atoms with Crippen LogP contribution in [0.4, 0.5) is 0 Å². The lowest BCUT2D eigenvalue weighted by Crippen LogP contribution is -2.02. The van der Waals surface area contributed by atoms with Crippen molar-refractivity contribution in [3.8, 4) is 0 Å². The molecule has 17 heavy (non-hydrogen) atoms. The molecule has 0 aliphatic carbocycles. The van der Waals surface area contributed by atoms with Crippen molar-refractivity contribution in [1.82, 2.24) is 14.5 Å². The first-order valence-electron chi connectivity index (χ1n) is 5.34. The molecule has 3 nitrogen and oxygen atoms in total. The molecule has 0 saturated heterocycles. The van der Waals surface area contributed by atoms with Crippen LogP contribution in [0.1, 0.15) is 5.82 Å². The molecule has 3 rings (SSSR count). The monoisotopic (exact) mass is 287 g/mol. The van der Waals surface area contributed by atoms with Crippen molar-refractivity contribution < 1.29 is 0 Å². The number of fused-ring (bicyclic) bond motifs is 1. The molecular weight excluding hydrogens is 278 g/mol. The standard InChI is InChI=1S/C13H10BrN3/c14-11-3-1-4-12-10(11)5-8-17(12)9-13-15-6-2-7-16-13/h1-8H,9H2. The predicted molar refractivity (Wildman–Crippen MR) is 70.8 cm³/mol. The maximum absolute atomic E-state index is 4.24. The zero-order valence-electron chi connectivity index (χ0n) is 9.05. The molecule has 3 aromatic rings. The fourth-order valence-electron chi connectivity index (χ4n) is 1.89. The van der Waals surface area contributed by atoms with E-state index in [-0.39, 0.29) is 0 Å². The summed E-state index contributed by atoms with van der Waals surface area (Å²) >= 11 is 3.55. The fourth-order valence-corrected chi connectivity index (χ4v) is 2.38. The highest BCUT2D eigenvalue weighted by atomic mass is 79.9. The maximum atomic E-state index is 4.24. The Bertz CT molecular complexity index is 646. The average Bonchev–Trinajstić information content (AvgIpc) is 2.76. The third-order valence-electron chi connectivity index (χ3n) is 2.69. The maximum Gasteiger partial charge on any atom is 0.147 e. The largest absolute Gasteiger partial charge is 0.340 e. The van der Waals surface area contributed by atoms with E-state index in [1.807, 2.05) is 18.2 Å². The van der Waals surface area contributed by atoms with Crippen molar-refractivity contribution in [2.24, 2.45) is 0 Å². The summed E-state index contributed by atoms with van der Waals surface area (Å²) in [5, 5.41) is 1.21. The van der Waals surface area contributed by atoms with Crippen molar-refractivity contribution in [1.29, 1.82) is 0 Å². The van der Waals surface area contributed by atoms with E-state index in [2.05, 4.69) is 48.8 Å². The van der Waals surface area contributed by atoms with Gasteiger partial charge in [-0.25, -0.2) is 9.97 Å². The minimum atomic E-state index is 0.695. The molecule has 0 atom stereocenters. The molecule has 0 fully saturated rings. The second-order valence-corrected chi connectivity index (χ2v) is 4.64. The van der Waals surface area contributed by atoms with E-state index in [4.69, 9.17) is 0 Å². The van der Waals surface area contributed by atoms with E-state index in [1.165, 1.54) is 10.9 Å². The molecule has 2 aromatic heterocycles. The van der Waals surface area contributed by atoms with Crippen LogP contribution in [0.15, 0.2) is 53.4 Å². The summed E-state index contributed by atoms with van der Waals surface area (Å²) in [7, 11) is 0. The number of hydrogen-bond donors (Lipinski definition) is 0. The molecule has 1 aromatic carbocycles. The van der Waals surface area contributed by atoms with Gasteiger partial charge in [-0.15, -0.1) is 0 Å². The van der Waals surface area contributed by atoms with Gasteiger partial charge in [-0.2, -0.15) is 0 Å². The number of halogens is 1. The zero-order chi connectivity index (χ0) is 11.7. The number of hydrogen-bond acceptors (Lipinski definition) is 2. The normalized spacial score (nSPS) is 10.9. The minimum Gasteiger partial charge on any atom is -0.340 e. The van der Waals surface area contributed by atoms with Crippen LogP contribution >= 0.6 is 15.9 Å². The number of benzene rings is 1. The van der Waals surface area contributed by atoms with Crippen molar-refractivity contribution >= 4 is 26.8 Å². The van der Waals surface area contributed by atoms with Crippen molar-refractivity contribution in [3.05, 3.63) is 59.2 Å². The van der Waals surface area contributed by atoms with Crippen LogP contribution in [0.25, 0.3) is 10.9 Å².